The first-order chi connectivity index (χ1) is 9.49. The summed E-state index contributed by atoms with van der Waals surface area (Å²) in [6, 6.07) is 2.11. The third kappa shape index (κ3) is 2.26. The Hall–Kier alpha value is -2.33. The molecule has 0 aliphatic carbocycles. The van der Waals surface area contributed by atoms with Crippen molar-refractivity contribution in [2.45, 2.75) is 27.2 Å². The van der Waals surface area contributed by atoms with Gasteiger partial charge in [-0.15, -0.1) is 11.3 Å². The molecule has 0 aliphatic rings. The van der Waals surface area contributed by atoms with Crippen LogP contribution in [0.1, 0.15) is 39.1 Å². The number of H-pyrrole nitrogens is 1. The fourth-order valence-corrected chi connectivity index (χ4v) is 2.85. The van der Waals surface area contributed by atoms with Gasteiger partial charge in [-0.2, -0.15) is 10.4 Å². The van der Waals surface area contributed by atoms with E-state index in [2.05, 4.69) is 21.6 Å². The number of nitriles is 1. The molecular formula is C13H15N5OS. The monoisotopic (exact) mass is 289 g/mol. The fraction of sp³-hybridized carbons (Fsp3) is 0.308. The van der Waals surface area contributed by atoms with Gasteiger partial charge in [0.05, 0.1) is 16.9 Å². The molecule has 0 saturated carbocycles. The van der Waals surface area contributed by atoms with Crippen LogP contribution in [0.15, 0.2) is 0 Å². The first-order valence-electron chi connectivity index (χ1n) is 6.13. The quantitative estimate of drug-likeness (QED) is 0.806. The number of nitrogen functional groups attached to an aromatic ring is 1. The predicted octanol–water partition coefficient (Wildman–Crippen LogP) is 2.36. The van der Waals surface area contributed by atoms with E-state index in [0.29, 0.717) is 22.7 Å². The third-order valence-corrected chi connectivity index (χ3v) is 4.30. The number of aromatic nitrogens is 2. The van der Waals surface area contributed by atoms with Gasteiger partial charge in [0.15, 0.2) is 5.69 Å². The molecule has 0 aromatic carbocycles. The number of hydrogen-bond donors (Lipinski definition) is 3. The van der Waals surface area contributed by atoms with Gasteiger partial charge in [-0.05, 0) is 25.8 Å². The Kier molecular flexibility index (Phi) is 3.77. The summed E-state index contributed by atoms with van der Waals surface area (Å²) < 4.78 is 0. The molecule has 6 nitrogen and oxygen atoms in total. The molecule has 2 aromatic rings. The second-order valence-electron chi connectivity index (χ2n) is 4.37. The van der Waals surface area contributed by atoms with Crippen molar-refractivity contribution in [1.29, 1.82) is 5.26 Å². The molecule has 2 rings (SSSR count). The van der Waals surface area contributed by atoms with E-state index < -0.39 is 5.91 Å². The van der Waals surface area contributed by atoms with Gasteiger partial charge in [0.2, 0.25) is 0 Å². The largest absolute Gasteiger partial charge is 0.395 e. The maximum atomic E-state index is 12.2. The van der Waals surface area contributed by atoms with E-state index in [-0.39, 0.29) is 5.69 Å². The van der Waals surface area contributed by atoms with Gasteiger partial charge in [0.25, 0.3) is 5.91 Å². The number of amides is 1. The summed E-state index contributed by atoms with van der Waals surface area (Å²) in [7, 11) is 0. The van der Waals surface area contributed by atoms with Crippen LogP contribution in [-0.4, -0.2) is 16.1 Å². The van der Waals surface area contributed by atoms with Gasteiger partial charge < -0.3 is 11.1 Å². The molecule has 0 unspecified atom stereocenters. The average molecular weight is 289 g/mol. The summed E-state index contributed by atoms with van der Waals surface area (Å²) in [5.74, 6) is -0.406. The number of carbonyl (C=O) groups is 1. The number of aromatic amines is 1. The van der Waals surface area contributed by atoms with Crippen molar-refractivity contribution in [2.75, 3.05) is 11.1 Å². The van der Waals surface area contributed by atoms with Gasteiger partial charge in [0, 0.05) is 4.88 Å². The number of nitrogens with zero attached hydrogens (tertiary/aromatic N) is 2. The standard InChI is InChI=1S/C13H15N5OS/c1-4-9-10(15)11(18-17-9)12(19)16-13-8(5-14)6(2)7(3)20-13/h4,15H2,1-3H3,(H,16,19)(H,17,18). The van der Waals surface area contributed by atoms with E-state index in [1.54, 1.807) is 0 Å². The van der Waals surface area contributed by atoms with Crippen LogP contribution in [0.5, 0.6) is 0 Å². The molecule has 0 fully saturated rings. The SMILES string of the molecule is CCc1[nH]nc(C(=O)Nc2sc(C)c(C)c2C#N)c1N. The Morgan fingerprint density at radius 2 is 2.25 bits per heavy atom. The van der Waals surface area contributed by atoms with Crippen molar-refractivity contribution in [3.8, 4) is 6.07 Å². The van der Waals surface area contributed by atoms with Gasteiger partial charge in [0.1, 0.15) is 11.1 Å². The number of nitrogens with one attached hydrogen (secondary N) is 2. The van der Waals surface area contributed by atoms with Gasteiger partial charge in [-0.25, -0.2) is 0 Å². The Labute approximate surface area is 120 Å². The Morgan fingerprint density at radius 3 is 2.80 bits per heavy atom. The van der Waals surface area contributed by atoms with Crippen LogP contribution in [0, 0.1) is 25.2 Å². The van der Waals surface area contributed by atoms with Crippen molar-refractivity contribution < 1.29 is 4.79 Å². The number of hydrogen-bond acceptors (Lipinski definition) is 5. The lowest BCUT2D eigenvalue weighted by Crippen LogP contribution is -2.14. The molecule has 4 N–H and O–H groups in total. The molecule has 7 heteroatoms. The van der Waals surface area contributed by atoms with E-state index in [9.17, 15) is 4.79 Å². The smallest absolute Gasteiger partial charge is 0.278 e. The normalized spacial score (nSPS) is 10.3. The molecule has 0 radical (unpaired) electrons. The van der Waals surface area contributed by atoms with Crippen LogP contribution in [-0.2, 0) is 6.42 Å². The van der Waals surface area contributed by atoms with Crippen molar-refractivity contribution in [2.24, 2.45) is 0 Å². The molecule has 104 valence electrons. The maximum absolute atomic E-state index is 12.2. The highest BCUT2D eigenvalue weighted by molar-refractivity contribution is 7.16. The fourth-order valence-electron chi connectivity index (χ4n) is 1.84. The molecule has 20 heavy (non-hydrogen) atoms. The first kappa shape index (κ1) is 14.1. The molecule has 0 spiro atoms. The van der Waals surface area contributed by atoms with Gasteiger partial charge in [-0.3, -0.25) is 9.89 Å². The van der Waals surface area contributed by atoms with Crippen LogP contribution in [0.4, 0.5) is 10.7 Å². The third-order valence-electron chi connectivity index (χ3n) is 3.18. The van der Waals surface area contributed by atoms with Crippen molar-refractivity contribution in [3.63, 3.8) is 0 Å². The molecule has 2 heterocycles. The molecule has 0 bridgehead atoms. The Morgan fingerprint density at radius 1 is 1.55 bits per heavy atom. The molecule has 2 aromatic heterocycles. The number of nitrogens with two attached hydrogens (primary N) is 1. The highest BCUT2D eigenvalue weighted by atomic mass is 32.1. The number of aryl methyl sites for hydroxylation is 2. The van der Waals surface area contributed by atoms with E-state index in [4.69, 9.17) is 11.0 Å². The molecular weight excluding hydrogens is 274 g/mol. The molecule has 0 atom stereocenters. The summed E-state index contributed by atoms with van der Waals surface area (Å²) >= 11 is 1.37. The summed E-state index contributed by atoms with van der Waals surface area (Å²) in [5, 5.41) is 19.1. The molecule has 0 saturated heterocycles. The zero-order valence-electron chi connectivity index (χ0n) is 11.5. The number of anilines is 2. The van der Waals surface area contributed by atoms with Crippen LogP contribution in [0.3, 0.4) is 0 Å². The van der Waals surface area contributed by atoms with E-state index in [0.717, 1.165) is 16.1 Å². The summed E-state index contributed by atoms with van der Waals surface area (Å²) in [6.45, 7) is 5.69. The number of rotatable bonds is 3. The maximum Gasteiger partial charge on any atom is 0.278 e. The lowest BCUT2D eigenvalue weighted by Gasteiger charge is -2.01. The first-order valence-corrected chi connectivity index (χ1v) is 6.95. The van der Waals surface area contributed by atoms with Crippen LogP contribution in [0.25, 0.3) is 0 Å². The minimum absolute atomic E-state index is 0.162. The summed E-state index contributed by atoms with van der Waals surface area (Å²) in [6.07, 6.45) is 0.673. The number of thiophene rings is 1. The zero-order chi connectivity index (χ0) is 14.9. The van der Waals surface area contributed by atoms with Crippen LogP contribution >= 0.6 is 11.3 Å². The second-order valence-corrected chi connectivity index (χ2v) is 5.60. The van der Waals surface area contributed by atoms with Crippen LogP contribution < -0.4 is 11.1 Å². The Balaban J connectivity index is 2.31. The average Bonchev–Trinajstić information content (AvgIpc) is 2.91. The highest BCUT2D eigenvalue weighted by Gasteiger charge is 2.20. The predicted molar refractivity (Wildman–Crippen MR) is 78.8 cm³/mol. The summed E-state index contributed by atoms with van der Waals surface area (Å²) in [4.78, 5) is 13.2. The zero-order valence-corrected chi connectivity index (χ0v) is 12.3. The molecule has 0 aliphatic heterocycles. The number of carbonyl (C=O) groups excluding carboxylic acids is 1. The van der Waals surface area contributed by atoms with E-state index >= 15 is 0 Å². The van der Waals surface area contributed by atoms with Gasteiger partial charge >= 0.3 is 0 Å². The molecule has 1 amide bonds. The second kappa shape index (κ2) is 5.35. The minimum atomic E-state index is -0.406. The summed E-state index contributed by atoms with van der Waals surface area (Å²) in [5.41, 5.74) is 8.48. The Bertz CT molecular complexity index is 707. The topological polar surface area (TPSA) is 108 Å². The highest BCUT2D eigenvalue weighted by Crippen LogP contribution is 2.32. The minimum Gasteiger partial charge on any atom is -0.395 e. The van der Waals surface area contributed by atoms with Crippen molar-refractivity contribution >= 4 is 27.9 Å². The van der Waals surface area contributed by atoms with Gasteiger partial charge in [-0.1, -0.05) is 6.92 Å². The van der Waals surface area contributed by atoms with Crippen LogP contribution in [0.2, 0.25) is 0 Å². The van der Waals surface area contributed by atoms with E-state index in [1.165, 1.54) is 11.3 Å². The van der Waals surface area contributed by atoms with Crippen molar-refractivity contribution in [3.05, 3.63) is 27.4 Å². The van der Waals surface area contributed by atoms with Crippen molar-refractivity contribution in [1.82, 2.24) is 10.2 Å². The van der Waals surface area contributed by atoms with E-state index in [1.807, 2.05) is 20.8 Å². The lowest BCUT2D eigenvalue weighted by molar-refractivity contribution is 0.102. The lowest BCUT2D eigenvalue weighted by atomic mass is 10.2.